The van der Waals surface area contributed by atoms with Crippen LogP contribution in [-0.4, -0.2) is 35.3 Å². The van der Waals surface area contributed by atoms with Gasteiger partial charge in [0.2, 0.25) is 0 Å². The number of thioether (sulfide) groups is 1. The molecular formula is C9H14N4OS. The number of ether oxygens (including phenoxy) is 1. The second kappa shape index (κ2) is 6.36. The fourth-order valence-corrected chi connectivity index (χ4v) is 1.67. The number of hydrogen-bond acceptors (Lipinski definition) is 5. The van der Waals surface area contributed by atoms with Crippen LogP contribution in [0.5, 0.6) is 0 Å². The third kappa shape index (κ3) is 4.26. The molecule has 1 aromatic heterocycles. The van der Waals surface area contributed by atoms with Gasteiger partial charge in [0.1, 0.15) is 11.5 Å². The first-order valence-electron chi connectivity index (χ1n) is 4.53. The van der Waals surface area contributed by atoms with Gasteiger partial charge in [0, 0.05) is 25.7 Å². The highest BCUT2D eigenvalue weighted by atomic mass is 32.2. The summed E-state index contributed by atoms with van der Waals surface area (Å²) in [6, 6.07) is 1.63. The van der Waals surface area contributed by atoms with Gasteiger partial charge in [0.25, 0.3) is 0 Å². The summed E-state index contributed by atoms with van der Waals surface area (Å²) in [7, 11) is 1.68. The van der Waals surface area contributed by atoms with Crippen molar-refractivity contribution in [2.45, 2.75) is 11.6 Å². The molecule has 0 aromatic carbocycles. The molecule has 0 unspecified atom stereocenters. The summed E-state index contributed by atoms with van der Waals surface area (Å²) < 4.78 is 4.93. The van der Waals surface area contributed by atoms with Crippen molar-refractivity contribution >= 4 is 17.6 Å². The van der Waals surface area contributed by atoms with Crippen molar-refractivity contribution in [2.75, 3.05) is 19.5 Å². The number of methoxy groups -OCH3 is 1. The van der Waals surface area contributed by atoms with Crippen molar-refractivity contribution < 1.29 is 4.74 Å². The van der Waals surface area contributed by atoms with E-state index in [2.05, 4.69) is 9.97 Å². The lowest BCUT2D eigenvalue weighted by Gasteiger charge is -2.01. The van der Waals surface area contributed by atoms with E-state index in [1.165, 1.54) is 11.8 Å². The maximum Gasteiger partial charge on any atom is 0.188 e. The molecule has 0 aliphatic rings. The molecule has 1 aromatic rings. The lowest BCUT2D eigenvalue weighted by Crippen LogP contribution is -2.13. The first kappa shape index (κ1) is 11.9. The fraction of sp³-hybridized carbons (Fsp3) is 0.444. The molecule has 0 radical (unpaired) electrons. The minimum Gasteiger partial charge on any atom is -0.385 e. The maximum absolute atomic E-state index is 7.23. The van der Waals surface area contributed by atoms with Crippen LogP contribution < -0.4 is 5.73 Å². The van der Waals surface area contributed by atoms with Gasteiger partial charge in [-0.3, -0.25) is 5.41 Å². The summed E-state index contributed by atoms with van der Waals surface area (Å²) in [5, 5.41) is 7.88. The second-order valence-electron chi connectivity index (χ2n) is 2.83. The van der Waals surface area contributed by atoms with E-state index in [0.29, 0.717) is 10.9 Å². The zero-order chi connectivity index (χ0) is 11.1. The molecule has 0 saturated heterocycles. The Morgan fingerprint density at radius 2 is 2.47 bits per heavy atom. The summed E-state index contributed by atoms with van der Waals surface area (Å²) in [4.78, 5) is 8.21. The van der Waals surface area contributed by atoms with Crippen LogP contribution in [0.25, 0.3) is 0 Å². The molecule has 0 fully saturated rings. The minimum atomic E-state index is -0.0314. The Bertz CT molecular complexity index is 332. The van der Waals surface area contributed by atoms with Gasteiger partial charge in [0.05, 0.1) is 0 Å². The van der Waals surface area contributed by atoms with Crippen molar-refractivity contribution in [2.24, 2.45) is 5.73 Å². The molecular weight excluding hydrogens is 212 g/mol. The van der Waals surface area contributed by atoms with E-state index in [1.54, 1.807) is 19.4 Å². The summed E-state index contributed by atoms with van der Waals surface area (Å²) in [5.41, 5.74) is 5.79. The van der Waals surface area contributed by atoms with E-state index in [0.717, 1.165) is 18.8 Å². The first-order chi connectivity index (χ1) is 7.24. The predicted octanol–water partition coefficient (Wildman–Crippen LogP) is 0.889. The average Bonchev–Trinajstić information content (AvgIpc) is 2.25. The highest BCUT2D eigenvalue weighted by molar-refractivity contribution is 7.99. The third-order valence-electron chi connectivity index (χ3n) is 1.63. The first-order valence-corrected chi connectivity index (χ1v) is 5.52. The van der Waals surface area contributed by atoms with E-state index in [4.69, 9.17) is 15.9 Å². The Hall–Kier alpha value is -1.14. The summed E-state index contributed by atoms with van der Waals surface area (Å²) >= 11 is 1.54. The quantitative estimate of drug-likeness (QED) is 0.247. The smallest absolute Gasteiger partial charge is 0.188 e. The van der Waals surface area contributed by atoms with Crippen LogP contribution in [-0.2, 0) is 4.74 Å². The van der Waals surface area contributed by atoms with Crippen molar-refractivity contribution in [3.8, 4) is 0 Å². The molecule has 3 N–H and O–H groups in total. The van der Waals surface area contributed by atoms with Crippen molar-refractivity contribution in [1.29, 1.82) is 5.41 Å². The zero-order valence-corrected chi connectivity index (χ0v) is 9.38. The number of nitrogens with two attached hydrogens (primary N) is 1. The topological polar surface area (TPSA) is 84.9 Å². The van der Waals surface area contributed by atoms with E-state index in [9.17, 15) is 0 Å². The van der Waals surface area contributed by atoms with Crippen LogP contribution in [0.2, 0.25) is 0 Å². The lowest BCUT2D eigenvalue weighted by molar-refractivity contribution is 0.200. The highest BCUT2D eigenvalue weighted by Gasteiger charge is 2.01. The van der Waals surface area contributed by atoms with Crippen LogP contribution in [0, 0.1) is 5.41 Å². The maximum atomic E-state index is 7.23. The van der Waals surface area contributed by atoms with E-state index < -0.39 is 0 Å². The Labute approximate surface area is 93.0 Å². The molecule has 5 nitrogen and oxygen atoms in total. The molecule has 1 heterocycles. The number of rotatable bonds is 6. The number of nitrogens with zero attached hydrogens (tertiary/aromatic N) is 2. The summed E-state index contributed by atoms with van der Waals surface area (Å²) in [5.74, 6) is 0.867. The van der Waals surface area contributed by atoms with Gasteiger partial charge >= 0.3 is 0 Å². The van der Waals surface area contributed by atoms with Crippen LogP contribution in [0.4, 0.5) is 0 Å². The molecule has 0 spiro atoms. The second-order valence-corrected chi connectivity index (χ2v) is 3.90. The molecule has 0 saturated carbocycles. The van der Waals surface area contributed by atoms with Gasteiger partial charge in [-0.25, -0.2) is 9.97 Å². The van der Waals surface area contributed by atoms with Gasteiger partial charge in [-0.15, -0.1) is 0 Å². The molecule has 0 atom stereocenters. The molecule has 0 aliphatic carbocycles. The van der Waals surface area contributed by atoms with Gasteiger partial charge < -0.3 is 10.5 Å². The molecule has 6 heteroatoms. The van der Waals surface area contributed by atoms with Crippen molar-refractivity contribution in [3.63, 3.8) is 0 Å². The van der Waals surface area contributed by atoms with Crippen LogP contribution in [0.1, 0.15) is 12.1 Å². The molecule has 0 aliphatic heterocycles. The number of aromatic nitrogens is 2. The normalized spacial score (nSPS) is 10.2. The number of nitrogen functional groups attached to an aromatic ring is 1. The zero-order valence-electron chi connectivity index (χ0n) is 8.56. The van der Waals surface area contributed by atoms with E-state index in [1.807, 2.05) is 0 Å². The van der Waals surface area contributed by atoms with Crippen LogP contribution >= 0.6 is 11.8 Å². The molecule has 15 heavy (non-hydrogen) atoms. The Morgan fingerprint density at radius 3 is 3.13 bits per heavy atom. The lowest BCUT2D eigenvalue weighted by atomic mass is 10.4. The van der Waals surface area contributed by atoms with Crippen LogP contribution in [0.3, 0.4) is 0 Å². The number of hydrogen-bond donors (Lipinski definition) is 2. The minimum absolute atomic E-state index is 0.0314. The SMILES string of the molecule is COCCCSc1nccc(C(=N)N)n1. The molecule has 0 bridgehead atoms. The van der Waals surface area contributed by atoms with Crippen molar-refractivity contribution in [1.82, 2.24) is 9.97 Å². The number of amidine groups is 1. The monoisotopic (exact) mass is 226 g/mol. The Kier molecular flexibility index (Phi) is 5.06. The Balaban J connectivity index is 2.47. The van der Waals surface area contributed by atoms with E-state index >= 15 is 0 Å². The van der Waals surface area contributed by atoms with Gasteiger partial charge in [-0.1, -0.05) is 11.8 Å². The van der Waals surface area contributed by atoms with Gasteiger partial charge in [-0.05, 0) is 12.5 Å². The van der Waals surface area contributed by atoms with Gasteiger partial charge in [-0.2, -0.15) is 0 Å². The fourth-order valence-electron chi connectivity index (χ4n) is 0.927. The average molecular weight is 226 g/mol. The van der Waals surface area contributed by atoms with Gasteiger partial charge in [0.15, 0.2) is 5.16 Å². The standard InChI is InChI=1S/C9H14N4OS/c1-14-5-2-6-15-9-12-4-3-7(13-9)8(10)11/h3-4H,2,5-6H2,1H3,(H3,10,11). The van der Waals surface area contributed by atoms with Crippen LogP contribution in [0.15, 0.2) is 17.4 Å². The Morgan fingerprint density at radius 1 is 1.67 bits per heavy atom. The number of nitrogens with one attached hydrogen (secondary N) is 1. The molecule has 1 rings (SSSR count). The van der Waals surface area contributed by atoms with E-state index in [-0.39, 0.29) is 5.84 Å². The largest absolute Gasteiger partial charge is 0.385 e. The highest BCUT2D eigenvalue weighted by Crippen LogP contribution is 2.13. The molecule has 0 amide bonds. The summed E-state index contributed by atoms with van der Waals surface area (Å²) in [6.07, 6.45) is 2.57. The third-order valence-corrected chi connectivity index (χ3v) is 2.58. The predicted molar refractivity (Wildman–Crippen MR) is 60.3 cm³/mol. The van der Waals surface area contributed by atoms with Crippen molar-refractivity contribution in [3.05, 3.63) is 18.0 Å². The molecule has 82 valence electrons. The summed E-state index contributed by atoms with van der Waals surface area (Å²) in [6.45, 7) is 0.736.